The highest BCUT2D eigenvalue weighted by Gasteiger charge is 2.24. The maximum absolute atomic E-state index is 11.6. The fraction of sp³-hybridized carbons (Fsp3) is 0.517. The molecule has 0 bridgehead atoms. The molecule has 0 atom stereocenters. The summed E-state index contributed by atoms with van der Waals surface area (Å²) in [5.74, 6) is 1.92. The Bertz CT molecular complexity index is 1060. The molecule has 178 valence electrons. The van der Waals surface area contributed by atoms with E-state index in [0.29, 0.717) is 24.2 Å². The molecule has 4 heteroatoms. The Morgan fingerprint density at radius 3 is 2.48 bits per heavy atom. The zero-order valence-corrected chi connectivity index (χ0v) is 21.3. The van der Waals surface area contributed by atoms with Crippen molar-refractivity contribution in [1.82, 2.24) is 15.3 Å². The fourth-order valence-electron chi connectivity index (χ4n) is 5.26. The Balaban J connectivity index is 0.00000149. The second-order valence-electron chi connectivity index (χ2n) is 9.49. The van der Waals surface area contributed by atoms with Gasteiger partial charge in [-0.1, -0.05) is 33.8 Å². The lowest BCUT2D eigenvalue weighted by Gasteiger charge is -2.29. The van der Waals surface area contributed by atoms with E-state index in [9.17, 15) is 4.79 Å². The van der Waals surface area contributed by atoms with Gasteiger partial charge in [0.25, 0.3) is 0 Å². The summed E-state index contributed by atoms with van der Waals surface area (Å²) in [4.78, 5) is 19.6. The standard InChI is InChI=1S/C27H35N3O.C2H6/c1-17(2)26-23-16-21(20-8-5-19(6-9-20)7-12-25(31)28-4)10-11-24(23)30-27(26)22-13-14-29-18(3)15-22;1-2/h10-11,13-17,19-20,30H,5-9,12H2,1-4H3,(H,28,31);1-2H3. The Morgan fingerprint density at radius 2 is 1.85 bits per heavy atom. The van der Waals surface area contributed by atoms with Gasteiger partial charge in [0.15, 0.2) is 0 Å². The van der Waals surface area contributed by atoms with Crippen molar-refractivity contribution in [2.24, 2.45) is 5.92 Å². The fourth-order valence-corrected chi connectivity index (χ4v) is 5.26. The number of aromatic nitrogens is 2. The van der Waals surface area contributed by atoms with Gasteiger partial charge in [0.05, 0.1) is 5.69 Å². The average molecular weight is 448 g/mol. The topological polar surface area (TPSA) is 57.8 Å². The Morgan fingerprint density at radius 1 is 1.12 bits per heavy atom. The molecule has 2 N–H and O–H groups in total. The first-order chi connectivity index (χ1) is 16.0. The number of aryl methyl sites for hydroxylation is 1. The first kappa shape index (κ1) is 25.0. The van der Waals surface area contributed by atoms with E-state index in [2.05, 4.69) is 59.5 Å². The van der Waals surface area contributed by atoms with Gasteiger partial charge in [0, 0.05) is 41.8 Å². The van der Waals surface area contributed by atoms with Gasteiger partial charge in [0.1, 0.15) is 0 Å². The zero-order chi connectivity index (χ0) is 24.0. The molecule has 1 saturated carbocycles. The molecule has 33 heavy (non-hydrogen) atoms. The van der Waals surface area contributed by atoms with Crippen molar-refractivity contribution in [2.45, 2.75) is 85.0 Å². The van der Waals surface area contributed by atoms with Gasteiger partial charge in [-0.2, -0.15) is 0 Å². The maximum atomic E-state index is 11.6. The van der Waals surface area contributed by atoms with E-state index >= 15 is 0 Å². The molecular formula is C29H41N3O. The predicted octanol–water partition coefficient (Wildman–Crippen LogP) is 7.49. The number of H-pyrrole nitrogens is 1. The molecule has 0 unspecified atom stereocenters. The van der Waals surface area contributed by atoms with Crippen LogP contribution in [-0.2, 0) is 4.79 Å². The van der Waals surface area contributed by atoms with E-state index in [4.69, 9.17) is 0 Å². The Hall–Kier alpha value is -2.62. The number of aromatic amines is 1. The molecule has 0 spiro atoms. The summed E-state index contributed by atoms with van der Waals surface area (Å²) in [7, 11) is 1.73. The molecule has 4 nitrogen and oxygen atoms in total. The second kappa shape index (κ2) is 11.5. The van der Waals surface area contributed by atoms with Crippen LogP contribution in [0.15, 0.2) is 36.5 Å². The minimum Gasteiger partial charge on any atom is -0.359 e. The van der Waals surface area contributed by atoms with Gasteiger partial charge in [0.2, 0.25) is 5.91 Å². The third-order valence-electron chi connectivity index (χ3n) is 7.00. The van der Waals surface area contributed by atoms with Gasteiger partial charge in [-0.3, -0.25) is 9.78 Å². The van der Waals surface area contributed by atoms with Crippen LogP contribution in [0.25, 0.3) is 22.2 Å². The van der Waals surface area contributed by atoms with Gasteiger partial charge in [-0.15, -0.1) is 0 Å². The number of fused-ring (bicyclic) bond motifs is 1. The molecule has 2 aromatic heterocycles. The molecule has 1 fully saturated rings. The van der Waals surface area contributed by atoms with Crippen molar-refractivity contribution in [3.8, 4) is 11.3 Å². The van der Waals surface area contributed by atoms with Crippen LogP contribution in [0.5, 0.6) is 0 Å². The molecule has 0 saturated heterocycles. The molecule has 1 amide bonds. The van der Waals surface area contributed by atoms with Crippen LogP contribution in [-0.4, -0.2) is 22.9 Å². The minimum absolute atomic E-state index is 0.168. The summed E-state index contributed by atoms with van der Waals surface area (Å²) in [5, 5.41) is 4.10. The van der Waals surface area contributed by atoms with E-state index in [1.165, 1.54) is 59.0 Å². The largest absolute Gasteiger partial charge is 0.359 e. The van der Waals surface area contributed by atoms with Crippen molar-refractivity contribution < 1.29 is 4.79 Å². The summed E-state index contributed by atoms with van der Waals surface area (Å²) < 4.78 is 0. The number of nitrogens with one attached hydrogen (secondary N) is 2. The highest BCUT2D eigenvalue weighted by atomic mass is 16.1. The molecule has 1 aliphatic rings. The number of carbonyl (C=O) groups is 1. The first-order valence-corrected chi connectivity index (χ1v) is 12.8. The van der Waals surface area contributed by atoms with Crippen molar-refractivity contribution in [1.29, 1.82) is 0 Å². The van der Waals surface area contributed by atoms with Gasteiger partial charge in [-0.25, -0.2) is 0 Å². The molecule has 3 aromatic rings. The van der Waals surface area contributed by atoms with Crippen molar-refractivity contribution in [3.05, 3.63) is 53.3 Å². The number of pyridine rings is 1. The van der Waals surface area contributed by atoms with E-state index in [-0.39, 0.29) is 5.91 Å². The maximum Gasteiger partial charge on any atom is 0.219 e. The Kier molecular flexibility index (Phi) is 8.71. The summed E-state index contributed by atoms with van der Waals surface area (Å²) in [6.45, 7) is 10.6. The molecule has 2 heterocycles. The van der Waals surface area contributed by atoms with Crippen LogP contribution in [0, 0.1) is 12.8 Å². The van der Waals surface area contributed by atoms with Gasteiger partial charge >= 0.3 is 0 Å². The lowest BCUT2D eigenvalue weighted by atomic mass is 9.77. The zero-order valence-electron chi connectivity index (χ0n) is 21.3. The van der Waals surface area contributed by atoms with E-state index in [0.717, 1.165) is 12.1 Å². The number of nitrogens with zero attached hydrogens (tertiary/aromatic N) is 1. The van der Waals surface area contributed by atoms with Crippen LogP contribution in [0.4, 0.5) is 0 Å². The molecule has 0 radical (unpaired) electrons. The van der Waals surface area contributed by atoms with E-state index in [1.54, 1.807) is 7.05 Å². The highest BCUT2D eigenvalue weighted by molar-refractivity contribution is 5.92. The van der Waals surface area contributed by atoms with Crippen LogP contribution >= 0.6 is 0 Å². The quantitative estimate of drug-likeness (QED) is 0.411. The molecular weight excluding hydrogens is 406 g/mol. The SMILES string of the molecule is CC.CNC(=O)CCC1CCC(c2ccc3[nH]c(-c4ccnc(C)c4)c(C(C)C)c3c2)CC1. The number of rotatable bonds is 6. The third-order valence-corrected chi connectivity index (χ3v) is 7.00. The Labute approximate surface area is 199 Å². The van der Waals surface area contributed by atoms with Crippen molar-refractivity contribution in [2.75, 3.05) is 7.05 Å². The van der Waals surface area contributed by atoms with Crippen molar-refractivity contribution in [3.63, 3.8) is 0 Å². The predicted molar refractivity (Wildman–Crippen MR) is 140 cm³/mol. The number of hydrogen-bond acceptors (Lipinski definition) is 2. The number of amides is 1. The molecule has 1 aliphatic carbocycles. The summed E-state index contributed by atoms with van der Waals surface area (Å²) in [5.41, 5.74) is 7.57. The van der Waals surface area contributed by atoms with E-state index < -0.39 is 0 Å². The summed E-state index contributed by atoms with van der Waals surface area (Å²) >= 11 is 0. The number of carbonyl (C=O) groups excluding carboxylic acids is 1. The normalized spacial score (nSPS) is 18.2. The minimum atomic E-state index is 0.168. The van der Waals surface area contributed by atoms with E-state index in [1.807, 2.05) is 27.0 Å². The average Bonchev–Trinajstić information content (AvgIpc) is 3.23. The lowest BCUT2D eigenvalue weighted by molar-refractivity contribution is -0.120. The van der Waals surface area contributed by atoms with Crippen LogP contribution < -0.4 is 5.32 Å². The van der Waals surface area contributed by atoms with Crippen molar-refractivity contribution >= 4 is 16.8 Å². The first-order valence-electron chi connectivity index (χ1n) is 12.8. The number of hydrogen-bond donors (Lipinski definition) is 2. The molecule has 4 rings (SSSR count). The van der Waals surface area contributed by atoms with Gasteiger partial charge < -0.3 is 10.3 Å². The van der Waals surface area contributed by atoms with Gasteiger partial charge in [-0.05, 0) is 92.2 Å². The molecule has 0 aliphatic heterocycles. The highest BCUT2D eigenvalue weighted by Crippen LogP contribution is 2.41. The monoisotopic (exact) mass is 447 g/mol. The third kappa shape index (κ3) is 5.85. The van der Waals surface area contributed by atoms with Crippen LogP contribution in [0.1, 0.15) is 94.9 Å². The molecule has 1 aromatic carbocycles. The smallest absolute Gasteiger partial charge is 0.219 e. The number of benzene rings is 1. The lowest BCUT2D eigenvalue weighted by Crippen LogP contribution is -2.20. The van der Waals surface area contributed by atoms with Crippen LogP contribution in [0.2, 0.25) is 0 Å². The second-order valence-corrected chi connectivity index (χ2v) is 9.49. The summed E-state index contributed by atoms with van der Waals surface area (Å²) in [6, 6.07) is 11.3. The summed E-state index contributed by atoms with van der Waals surface area (Å²) in [6.07, 6.45) is 8.49. The van der Waals surface area contributed by atoms with Crippen LogP contribution in [0.3, 0.4) is 0 Å².